The fraction of sp³-hybridized carbons (Fsp3) is 0.500. The lowest BCUT2D eigenvalue weighted by atomic mass is 9.91. The molecule has 6 heteroatoms. The van der Waals surface area contributed by atoms with Crippen LogP contribution in [0.2, 0.25) is 0 Å². The van der Waals surface area contributed by atoms with Gasteiger partial charge in [0, 0.05) is 17.7 Å². The Balaban J connectivity index is 0.00000162. The van der Waals surface area contributed by atoms with Crippen molar-refractivity contribution in [3.8, 4) is 0 Å². The Bertz CT molecular complexity index is 436. The van der Waals surface area contributed by atoms with Gasteiger partial charge in [-0.3, -0.25) is 10.1 Å². The molecule has 0 spiro atoms. The molecule has 0 saturated heterocycles. The number of hydrogen-bond acceptors (Lipinski definition) is 3. The van der Waals surface area contributed by atoms with Crippen LogP contribution in [0.3, 0.4) is 0 Å². The molecule has 100 valence electrons. The lowest BCUT2D eigenvalue weighted by Gasteiger charge is -2.19. The van der Waals surface area contributed by atoms with Gasteiger partial charge in [-0.25, -0.2) is 4.39 Å². The van der Waals surface area contributed by atoms with Gasteiger partial charge in [0.15, 0.2) is 0 Å². The minimum absolute atomic E-state index is 0. The molecule has 0 unspecified atom stereocenters. The van der Waals surface area contributed by atoms with Crippen molar-refractivity contribution in [1.82, 2.24) is 0 Å². The predicted octanol–water partition coefficient (Wildman–Crippen LogP) is 3.35. The van der Waals surface area contributed by atoms with Gasteiger partial charge in [-0.15, -0.1) is 12.4 Å². The van der Waals surface area contributed by atoms with E-state index >= 15 is 0 Å². The summed E-state index contributed by atoms with van der Waals surface area (Å²) in [6.07, 6.45) is 4.13. The molecule has 0 aliphatic heterocycles. The van der Waals surface area contributed by atoms with E-state index < -0.39 is 16.8 Å². The van der Waals surface area contributed by atoms with Crippen LogP contribution in [0.15, 0.2) is 18.2 Å². The zero-order valence-corrected chi connectivity index (χ0v) is 10.7. The number of benzene rings is 1. The molecule has 1 aliphatic rings. The lowest BCUT2D eigenvalue weighted by molar-refractivity contribution is -0.385. The summed E-state index contributed by atoms with van der Waals surface area (Å²) in [4.78, 5) is 10.4. The van der Waals surface area contributed by atoms with E-state index in [1.54, 1.807) is 0 Å². The molecule has 0 bridgehead atoms. The first-order chi connectivity index (χ1) is 8.09. The molecule has 1 aromatic carbocycles. The van der Waals surface area contributed by atoms with Crippen LogP contribution >= 0.6 is 12.4 Å². The average molecular weight is 275 g/mol. The predicted molar refractivity (Wildman–Crippen MR) is 69.2 cm³/mol. The van der Waals surface area contributed by atoms with Crippen LogP contribution in [0.5, 0.6) is 0 Å². The van der Waals surface area contributed by atoms with Crippen molar-refractivity contribution >= 4 is 18.1 Å². The molecule has 1 aromatic rings. The van der Waals surface area contributed by atoms with Crippen LogP contribution in [0.1, 0.15) is 37.3 Å². The smallest absolute Gasteiger partial charge is 0.274 e. The average Bonchev–Trinajstić information content (AvgIpc) is 2.80. The van der Waals surface area contributed by atoms with E-state index in [9.17, 15) is 14.5 Å². The first-order valence-corrected chi connectivity index (χ1v) is 5.79. The third-order valence-corrected chi connectivity index (χ3v) is 3.45. The quantitative estimate of drug-likeness (QED) is 0.679. The lowest BCUT2D eigenvalue weighted by Crippen LogP contribution is -2.20. The molecule has 1 atom stereocenters. The molecule has 0 radical (unpaired) electrons. The second kappa shape index (κ2) is 6.11. The van der Waals surface area contributed by atoms with E-state index in [2.05, 4.69) is 0 Å². The van der Waals surface area contributed by atoms with Gasteiger partial charge in [-0.2, -0.15) is 0 Å². The van der Waals surface area contributed by atoms with E-state index in [1.807, 2.05) is 0 Å². The van der Waals surface area contributed by atoms with Gasteiger partial charge in [0.25, 0.3) is 5.69 Å². The molecule has 1 saturated carbocycles. The first-order valence-electron chi connectivity index (χ1n) is 5.79. The molecule has 4 nitrogen and oxygen atoms in total. The second-order valence-corrected chi connectivity index (χ2v) is 4.53. The summed E-state index contributed by atoms with van der Waals surface area (Å²) in [5.74, 6) is -0.241. The van der Waals surface area contributed by atoms with Crippen molar-refractivity contribution in [2.24, 2.45) is 11.7 Å². The maximum Gasteiger partial charge on any atom is 0.274 e. The molecule has 0 heterocycles. The Morgan fingerprint density at radius 3 is 2.56 bits per heavy atom. The van der Waals surface area contributed by atoms with Crippen molar-refractivity contribution in [3.05, 3.63) is 39.7 Å². The van der Waals surface area contributed by atoms with Crippen LogP contribution in [-0.4, -0.2) is 4.92 Å². The highest BCUT2D eigenvalue weighted by atomic mass is 35.5. The third kappa shape index (κ3) is 2.97. The van der Waals surface area contributed by atoms with E-state index in [-0.39, 0.29) is 24.0 Å². The van der Waals surface area contributed by atoms with E-state index in [0.717, 1.165) is 31.7 Å². The van der Waals surface area contributed by atoms with Crippen LogP contribution < -0.4 is 5.73 Å². The van der Waals surface area contributed by atoms with Gasteiger partial charge in [-0.1, -0.05) is 12.8 Å². The molecule has 2 N–H and O–H groups in total. The number of hydrogen-bond donors (Lipinski definition) is 1. The summed E-state index contributed by atoms with van der Waals surface area (Å²) in [7, 11) is 0. The van der Waals surface area contributed by atoms with Gasteiger partial charge in [0.1, 0.15) is 5.82 Å². The largest absolute Gasteiger partial charge is 0.323 e. The topological polar surface area (TPSA) is 69.2 Å². The number of nitrogens with zero attached hydrogens (tertiary/aromatic N) is 1. The minimum Gasteiger partial charge on any atom is -0.323 e. The summed E-state index contributed by atoms with van der Waals surface area (Å²) < 4.78 is 13.2. The number of nitro benzene ring substituents is 1. The highest BCUT2D eigenvalue weighted by Crippen LogP contribution is 2.37. The SMILES string of the molecule is Cl.N[C@H](c1cc(F)ccc1[N+](=O)[O-])C1CCCC1. The standard InChI is InChI=1S/C12H15FN2O2.ClH/c13-9-5-6-11(15(16)17)10(7-9)12(14)8-3-1-2-4-8;/h5-8,12H,1-4,14H2;1H/t12-;/m0./s1. The summed E-state index contributed by atoms with van der Waals surface area (Å²) >= 11 is 0. The van der Waals surface area contributed by atoms with Crippen molar-refractivity contribution in [2.45, 2.75) is 31.7 Å². The summed E-state index contributed by atoms with van der Waals surface area (Å²) in [6.45, 7) is 0. The number of nitrogens with two attached hydrogens (primary N) is 1. The van der Waals surface area contributed by atoms with Gasteiger partial charge >= 0.3 is 0 Å². The van der Waals surface area contributed by atoms with Crippen LogP contribution in [0, 0.1) is 21.8 Å². The Hall–Kier alpha value is -1.20. The van der Waals surface area contributed by atoms with Crippen molar-refractivity contribution in [1.29, 1.82) is 0 Å². The van der Waals surface area contributed by atoms with Crippen molar-refractivity contribution in [3.63, 3.8) is 0 Å². The monoisotopic (exact) mass is 274 g/mol. The normalized spacial score (nSPS) is 17.2. The van der Waals surface area contributed by atoms with Crippen LogP contribution in [0.4, 0.5) is 10.1 Å². The molecule has 18 heavy (non-hydrogen) atoms. The Labute approximate surface area is 111 Å². The minimum atomic E-state index is -0.496. The van der Waals surface area contributed by atoms with E-state index in [1.165, 1.54) is 12.1 Å². The van der Waals surface area contributed by atoms with Gasteiger partial charge in [-0.05, 0) is 30.9 Å². The zero-order chi connectivity index (χ0) is 12.4. The van der Waals surface area contributed by atoms with Gasteiger partial charge < -0.3 is 5.73 Å². The highest BCUT2D eigenvalue weighted by Gasteiger charge is 2.28. The van der Waals surface area contributed by atoms with Crippen molar-refractivity contribution < 1.29 is 9.31 Å². The Morgan fingerprint density at radius 2 is 2.00 bits per heavy atom. The number of halogens is 2. The number of rotatable bonds is 3. The Kier molecular flexibility index (Phi) is 5.04. The first kappa shape index (κ1) is 14.9. The Morgan fingerprint density at radius 1 is 1.39 bits per heavy atom. The van der Waals surface area contributed by atoms with E-state index in [0.29, 0.717) is 5.56 Å². The van der Waals surface area contributed by atoms with Gasteiger partial charge in [0.05, 0.1) is 4.92 Å². The third-order valence-electron chi connectivity index (χ3n) is 3.45. The molecule has 1 aliphatic carbocycles. The van der Waals surface area contributed by atoms with Crippen LogP contribution in [-0.2, 0) is 0 Å². The van der Waals surface area contributed by atoms with E-state index in [4.69, 9.17) is 5.73 Å². The maximum absolute atomic E-state index is 13.2. The summed E-state index contributed by atoms with van der Waals surface area (Å²) in [5.41, 5.74) is 6.28. The highest BCUT2D eigenvalue weighted by molar-refractivity contribution is 5.85. The fourth-order valence-corrected chi connectivity index (χ4v) is 2.53. The fourth-order valence-electron chi connectivity index (χ4n) is 2.53. The van der Waals surface area contributed by atoms with Crippen molar-refractivity contribution in [2.75, 3.05) is 0 Å². The maximum atomic E-state index is 13.2. The molecule has 0 aromatic heterocycles. The second-order valence-electron chi connectivity index (χ2n) is 4.53. The molecular weight excluding hydrogens is 259 g/mol. The number of nitro groups is 1. The summed E-state index contributed by atoms with van der Waals surface area (Å²) in [5, 5.41) is 10.9. The molecular formula is C12H16ClFN2O2. The van der Waals surface area contributed by atoms with Crippen LogP contribution in [0.25, 0.3) is 0 Å². The molecule has 1 fully saturated rings. The zero-order valence-electron chi connectivity index (χ0n) is 9.84. The molecule has 0 amide bonds. The van der Waals surface area contributed by atoms with Gasteiger partial charge in [0.2, 0.25) is 0 Å². The molecule has 2 rings (SSSR count). The summed E-state index contributed by atoms with van der Waals surface area (Å²) in [6, 6.07) is 3.05.